The summed E-state index contributed by atoms with van der Waals surface area (Å²) in [6.07, 6.45) is 0.266. The number of hydrogen-bond acceptors (Lipinski definition) is 3. The van der Waals surface area contributed by atoms with E-state index >= 15 is 0 Å². The van der Waals surface area contributed by atoms with Gasteiger partial charge in [0, 0.05) is 6.54 Å². The van der Waals surface area contributed by atoms with E-state index in [1.165, 1.54) is 15.3 Å². The van der Waals surface area contributed by atoms with Gasteiger partial charge in [0.25, 0.3) is 8.32 Å². The molecule has 1 amide bonds. The molecule has 1 aliphatic rings. The Balaban J connectivity index is 1.70. The molecule has 1 aliphatic heterocycles. The Morgan fingerprint density at radius 3 is 1.94 bits per heavy atom. The molecule has 0 aromatic heterocycles. The molecule has 3 aromatic carbocycles. The Kier molecular flexibility index (Phi) is 7.11. The van der Waals surface area contributed by atoms with Gasteiger partial charge in [-0.25, -0.2) is 4.79 Å². The third kappa shape index (κ3) is 4.88. The predicted octanol–water partition coefficient (Wildman–Crippen LogP) is 5.32. The van der Waals surface area contributed by atoms with Crippen molar-refractivity contribution in [1.82, 2.24) is 4.90 Å². The van der Waals surface area contributed by atoms with Crippen molar-refractivity contribution in [3.05, 3.63) is 96.1 Å². The molecule has 1 fully saturated rings. The minimum absolute atomic E-state index is 0.173. The van der Waals surface area contributed by atoms with E-state index in [-0.39, 0.29) is 17.2 Å². The Morgan fingerprint density at radius 1 is 0.943 bits per heavy atom. The van der Waals surface area contributed by atoms with Gasteiger partial charge in [-0.05, 0) is 45.9 Å². The number of likely N-dealkylation sites (tertiary alicyclic amines) is 1. The normalized spacial score (nSPS) is 18.6. The van der Waals surface area contributed by atoms with Gasteiger partial charge in [-0.2, -0.15) is 5.26 Å². The van der Waals surface area contributed by atoms with Gasteiger partial charge >= 0.3 is 6.09 Å². The third-order valence-electron chi connectivity index (χ3n) is 6.97. The maximum Gasteiger partial charge on any atom is 0.407 e. The molecule has 2 unspecified atom stereocenters. The smallest absolute Gasteiger partial charge is 0.407 e. The summed E-state index contributed by atoms with van der Waals surface area (Å²) in [4.78, 5) is 13.8. The summed E-state index contributed by atoms with van der Waals surface area (Å²) in [6, 6.07) is 30.0. The summed E-state index contributed by atoms with van der Waals surface area (Å²) in [6.45, 7) is 7.01. The van der Waals surface area contributed by atoms with Gasteiger partial charge in [-0.15, -0.1) is 0 Å². The summed E-state index contributed by atoms with van der Waals surface area (Å²) >= 11 is 0. The van der Waals surface area contributed by atoms with Gasteiger partial charge in [0.15, 0.2) is 0 Å². The first-order valence-electron chi connectivity index (χ1n) is 12.0. The SMILES string of the molecule is CC(C)(C)[Si](OC1CCC(c2ccc(C#N)cc2)N(C(=O)O)C1)(c1ccccc1)c1ccccc1. The molecule has 35 heavy (non-hydrogen) atoms. The average molecular weight is 485 g/mol. The quantitative estimate of drug-likeness (QED) is 0.498. The summed E-state index contributed by atoms with van der Waals surface area (Å²) in [5.74, 6) is 0. The Bertz CT molecular complexity index is 1150. The molecule has 1 saturated heterocycles. The molecule has 0 bridgehead atoms. The van der Waals surface area contributed by atoms with E-state index in [1.807, 2.05) is 24.3 Å². The summed E-state index contributed by atoms with van der Waals surface area (Å²) < 4.78 is 7.21. The molecule has 0 radical (unpaired) electrons. The van der Waals surface area contributed by atoms with Crippen molar-refractivity contribution in [3.63, 3.8) is 0 Å². The highest BCUT2D eigenvalue weighted by Crippen LogP contribution is 2.40. The van der Waals surface area contributed by atoms with E-state index in [1.54, 1.807) is 12.1 Å². The molecular formula is C29H32N2O3Si. The maximum absolute atomic E-state index is 12.3. The minimum atomic E-state index is -2.77. The van der Waals surface area contributed by atoms with Crippen LogP contribution in [-0.2, 0) is 4.43 Å². The first kappa shape index (κ1) is 24.7. The lowest BCUT2D eigenvalue weighted by Gasteiger charge is -2.47. The van der Waals surface area contributed by atoms with E-state index in [4.69, 9.17) is 9.69 Å². The second-order valence-corrected chi connectivity index (χ2v) is 14.4. The molecule has 2 atom stereocenters. The fraction of sp³-hybridized carbons (Fsp3) is 0.310. The van der Waals surface area contributed by atoms with E-state index in [0.717, 1.165) is 12.0 Å². The molecule has 180 valence electrons. The third-order valence-corrected chi connectivity index (χ3v) is 12.1. The minimum Gasteiger partial charge on any atom is -0.465 e. The number of carboxylic acid groups (broad SMARTS) is 1. The van der Waals surface area contributed by atoms with Crippen molar-refractivity contribution in [2.45, 2.75) is 50.8 Å². The van der Waals surface area contributed by atoms with Crippen LogP contribution in [0.3, 0.4) is 0 Å². The van der Waals surface area contributed by atoms with Crippen LogP contribution >= 0.6 is 0 Å². The van der Waals surface area contributed by atoms with Crippen LogP contribution in [-0.4, -0.2) is 37.1 Å². The van der Waals surface area contributed by atoms with Crippen LogP contribution in [0, 0.1) is 11.3 Å². The molecule has 1 N–H and O–H groups in total. The van der Waals surface area contributed by atoms with Crippen molar-refractivity contribution in [2.75, 3.05) is 6.54 Å². The summed E-state index contributed by atoms with van der Waals surface area (Å²) in [5, 5.41) is 21.4. The molecule has 0 aliphatic carbocycles. The zero-order valence-corrected chi connectivity index (χ0v) is 21.5. The average Bonchev–Trinajstić information content (AvgIpc) is 2.87. The molecule has 4 rings (SSSR count). The molecule has 1 heterocycles. The molecule has 3 aromatic rings. The molecule has 0 spiro atoms. The van der Waals surface area contributed by atoms with E-state index in [2.05, 4.69) is 75.4 Å². The zero-order valence-electron chi connectivity index (χ0n) is 20.5. The second kappa shape index (κ2) is 10.1. The van der Waals surface area contributed by atoms with Crippen LogP contribution in [0.2, 0.25) is 5.04 Å². The zero-order chi connectivity index (χ0) is 25.1. The largest absolute Gasteiger partial charge is 0.465 e. The fourth-order valence-corrected chi connectivity index (χ4v) is 10.0. The highest BCUT2D eigenvalue weighted by Gasteiger charge is 2.52. The lowest BCUT2D eigenvalue weighted by molar-refractivity contribution is 0.0440. The maximum atomic E-state index is 12.3. The number of rotatable bonds is 5. The molecule has 6 heteroatoms. The standard InChI is InChI=1S/C29H32N2O3Si/c1-29(2,3)35(25-10-6-4-7-11-25,26-12-8-5-9-13-26)34-24-18-19-27(31(21-24)28(32)33)23-16-14-22(20-30)15-17-23/h4-17,24,27H,18-19,21H2,1-3H3,(H,32,33). The van der Waals surface area contributed by atoms with Gasteiger partial charge < -0.3 is 9.53 Å². The van der Waals surface area contributed by atoms with E-state index in [9.17, 15) is 9.90 Å². The monoisotopic (exact) mass is 484 g/mol. The number of amides is 1. The van der Waals surface area contributed by atoms with Crippen LogP contribution in [0.1, 0.15) is 50.8 Å². The number of benzene rings is 3. The van der Waals surface area contributed by atoms with E-state index < -0.39 is 14.4 Å². The second-order valence-electron chi connectivity index (χ2n) is 10.2. The van der Waals surface area contributed by atoms with Gasteiger partial charge in [0.1, 0.15) is 0 Å². The van der Waals surface area contributed by atoms with Crippen LogP contribution in [0.5, 0.6) is 0 Å². The number of carbonyl (C=O) groups is 1. The van der Waals surface area contributed by atoms with Crippen molar-refractivity contribution in [3.8, 4) is 6.07 Å². The highest BCUT2D eigenvalue weighted by atomic mass is 28.4. The van der Waals surface area contributed by atoms with Crippen LogP contribution in [0.25, 0.3) is 0 Å². The lowest BCUT2D eigenvalue weighted by Crippen LogP contribution is -2.68. The van der Waals surface area contributed by atoms with Crippen LogP contribution in [0.15, 0.2) is 84.9 Å². The topological polar surface area (TPSA) is 73.6 Å². The van der Waals surface area contributed by atoms with Crippen molar-refractivity contribution in [1.29, 1.82) is 5.26 Å². The Morgan fingerprint density at radius 2 is 1.49 bits per heavy atom. The number of nitriles is 1. The first-order valence-corrected chi connectivity index (χ1v) is 14.0. The summed E-state index contributed by atoms with van der Waals surface area (Å²) in [5.41, 5.74) is 1.48. The van der Waals surface area contributed by atoms with Gasteiger partial charge in [-0.1, -0.05) is 93.6 Å². The molecular weight excluding hydrogens is 452 g/mol. The number of nitrogens with zero attached hydrogens (tertiary/aromatic N) is 2. The fourth-order valence-electron chi connectivity index (χ4n) is 5.31. The van der Waals surface area contributed by atoms with Crippen LogP contribution < -0.4 is 10.4 Å². The molecule has 0 saturated carbocycles. The van der Waals surface area contributed by atoms with E-state index in [0.29, 0.717) is 18.5 Å². The van der Waals surface area contributed by atoms with Gasteiger partial charge in [0.2, 0.25) is 0 Å². The first-order chi connectivity index (χ1) is 16.8. The number of piperidine rings is 1. The van der Waals surface area contributed by atoms with Crippen molar-refractivity contribution in [2.24, 2.45) is 0 Å². The van der Waals surface area contributed by atoms with Crippen molar-refractivity contribution < 1.29 is 14.3 Å². The Labute approximate surface area is 208 Å². The van der Waals surface area contributed by atoms with Crippen molar-refractivity contribution >= 4 is 24.8 Å². The number of hydrogen-bond donors (Lipinski definition) is 1. The van der Waals surface area contributed by atoms with Gasteiger partial charge in [0.05, 0.1) is 23.8 Å². The Hall–Kier alpha value is -3.40. The summed E-state index contributed by atoms with van der Waals surface area (Å²) in [7, 11) is -2.77. The highest BCUT2D eigenvalue weighted by molar-refractivity contribution is 6.99. The van der Waals surface area contributed by atoms with Gasteiger partial charge in [-0.3, -0.25) is 4.90 Å². The lowest BCUT2D eigenvalue weighted by atomic mass is 9.94. The predicted molar refractivity (Wildman–Crippen MR) is 140 cm³/mol. The molecule has 5 nitrogen and oxygen atoms in total. The van der Waals surface area contributed by atoms with Crippen LogP contribution in [0.4, 0.5) is 4.79 Å².